The topological polar surface area (TPSA) is 38.3 Å². The maximum absolute atomic E-state index is 12.1. The van der Waals surface area contributed by atoms with Gasteiger partial charge >= 0.3 is 0 Å². The van der Waals surface area contributed by atoms with E-state index in [1.807, 2.05) is 0 Å². The van der Waals surface area contributed by atoms with Crippen LogP contribution in [-0.2, 0) is 9.53 Å². The van der Waals surface area contributed by atoms with Gasteiger partial charge in [0.1, 0.15) is 5.78 Å². The van der Waals surface area contributed by atoms with Crippen LogP contribution in [0.5, 0.6) is 0 Å². The zero-order valence-corrected chi connectivity index (χ0v) is 11.3. The van der Waals surface area contributed by atoms with Crippen molar-refractivity contribution in [3.05, 3.63) is 0 Å². The summed E-state index contributed by atoms with van der Waals surface area (Å²) in [6, 6.07) is 0.258. The maximum Gasteiger partial charge on any atom is 0.139 e. The van der Waals surface area contributed by atoms with Gasteiger partial charge in [0.15, 0.2) is 0 Å². The molecule has 3 nitrogen and oxygen atoms in total. The van der Waals surface area contributed by atoms with Gasteiger partial charge in [-0.25, -0.2) is 0 Å². The van der Waals surface area contributed by atoms with Crippen molar-refractivity contribution in [3.8, 4) is 0 Å². The fraction of sp³-hybridized carbons (Fsp3) is 0.929. The lowest BCUT2D eigenvalue weighted by atomic mass is 9.94. The minimum absolute atomic E-state index is 0.100. The molecular formula is C14H27NO2. The third-order valence-corrected chi connectivity index (χ3v) is 3.43. The Hall–Kier alpha value is -0.410. The minimum Gasteiger partial charge on any atom is -0.379 e. The Balaban J connectivity index is 2.24. The van der Waals surface area contributed by atoms with Crippen LogP contribution < -0.4 is 5.32 Å². The van der Waals surface area contributed by atoms with Gasteiger partial charge in [-0.15, -0.1) is 0 Å². The number of Topliss-reactive ketones (excluding diaryl/α,β-unsaturated/α-hetero) is 1. The van der Waals surface area contributed by atoms with E-state index in [0.29, 0.717) is 19.0 Å². The van der Waals surface area contributed by atoms with Gasteiger partial charge < -0.3 is 10.1 Å². The van der Waals surface area contributed by atoms with Crippen LogP contribution in [0.15, 0.2) is 0 Å². The van der Waals surface area contributed by atoms with Crippen molar-refractivity contribution in [1.29, 1.82) is 0 Å². The number of unbranched alkanes of at least 4 members (excludes halogenated alkanes) is 3. The maximum atomic E-state index is 12.1. The third-order valence-electron chi connectivity index (χ3n) is 3.43. The van der Waals surface area contributed by atoms with E-state index >= 15 is 0 Å². The first-order valence-corrected chi connectivity index (χ1v) is 7.13. The van der Waals surface area contributed by atoms with Crippen molar-refractivity contribution >= 4 is 5.78 Å². The molecular weight excluding hydrogens is 214 g/mol. The van der Waals surface area contributed by atoms with Crippen LogP contribution >= 0.6 is 0 Å². The van der Waals surface area contributed by atoms with E-state index in [4.69, 9.17) is 4.74 Å². The van der Waals surface area contributed by atoms with Gasteiger partial charge in [0.25, 0.3) is 0 Å². The lowest BCUT2D eigenvalue weighted by Crippen LogP contribution is -2.39. The highest BCUT2D eigenvalue weighted by atomic mass is 16.5. The quantitative estimate of drug-likeness (QED) is 0.630. The van der Waals surface area contributed by atoms with Crippen LogP contribution in [0.25, 0.3) is 0 Å². The van der Waals surface area contributed by atoms with Gasteiger partial charge in [0, 0.05) is 12.5 Å². The van der Waals surface area contributed by atoms with Crippen molar-refractivity contribution in [2.75, 3.05) is 19.8 Å². The molecule has 17 heavy (non-hydrogen) atoms. The average Bonchev–Trinajstić information content (AvgIpc) is 2.80. The molecule has 0 aliphatic carbocycles. The molecule has 0 aromatic rings. The summed E-state index contributed by atoms with van der Waals surface area (Å²) in [6.45, 7) is 6.63. The number of ketones is 1. The van der Waals surface area contributed by atoms with Crippen molar-refractivity contribution < 1.29 is 9.53 Å². The van der Waals surface area contributed by atoms with Crippen molar-refractivity contribution in [2.45, 2.75) is 58.4 Å². The van der Waals surface area contributed by atoms with Crippen LogP contribution in [0.2, 0.25) is 0 Å². The number of rotatable bonds is 9. The van der Waals surface area contributed by atoms with Gasteiger partial charge in [0.2, 0.25) is 0 Å². The molecule has 1 saturated heterocycles. The third kappa shape index (κ3) is 5.17. The molecule has 0 aromatic carbocycles. The Morgan fingerprint density at radius 3 is 2.71 bits per heavy atom. The zero-order chi connectivity index (χ0) is 12.5. The number of carbonyl (C=O) groups excluding carboxylic acids is 1. The Morgan fingerprint density at radius 1 is 1.18 bits per heavy atom. The molecule has 1 rings (SSSR count). The Bertz CT molecular complexity index is 218. The predicted molar refractivity (Wildman–Crippen MR) is 70.2 cm³/mol. The lowest BCUT2D eigenvalue weighted by molar-refractivity contribution is -0.123. The molecule has 0 bridgehead atoms. The van der Waals surface area contributed by atoms with Gasteiger partial charge in [-0.3, -0.25) is 4.79 Å². The molecule has 3 heteroatoms. The van der Waals surface area contributed by atoms with E-state index in [0.717, 1.165) is 25.8 Å². The molecule has 100 valence electrons. The van der Waals surface area contributed by atoms with Crippen LogP contribution in [0.3, 0.4) is 0 Å². The summed E-state index contributed by atoms with van der Waals surface area (Å²) in [5, 5.41) is 3.42. The number of carbonyl (C=O) groups is 1. The predicted octanol–water partition coefficient (Wildman–Crippen LogP) is 2.54. The zero-order valence-electron chi connectivity index (χ0n) is 11.3. The molecule has 1 heterocycles. The smallest absolute Gasteiger partial charge is 0.139 e. The highest BCUT2D eigenvalue weighted by Crippen LogP contribution is 2.18. The molecule has 1 fully saturated rings. The molecule has 0 spiro atoms. The van der Waals surface area contributed by atoms with Gasteiger partial charge in [0.05, 0.1) is 19.1 Å². The average molecular weight is 241 g/mol. The van der Waals surface area contributed by atoms with Crippen LogP contribution in [0.4, 0.5) is 0 Å². The molecule has 1 aliphatic rings. The van der Waals surface area contributed by atoms with E-state index in [2.05, 4.69) is 19.2 Å². The summed E-state index contributed by atoms with van der Waals surface area (Å²) in [6.07, 6.45) is 6.53. The molecule has 0 aromatic heterocycles. The van der Waals surface area contributed by atoms with Crippen LogP contribution in [-0.4, -0.2) is 31.6 Å². The highest BCUT2D eigenvalue weighted by Gasteiger charge is 2.32. The Morgan fingerprint density at radius 2 is 2.00 bits per heavy atom. The first kappa shape index (κ1) is 14.7. The Labute approximate surface area is 105 Å². The SMILES string of the molecule is CCCCCCC(=O)C1COCC1NCCC. The number of nitrogens with one attached hydrogen (secondary N) is 1. The van der Waals surface area contributed by atoms with Crippen molar-refractivity contribution in [3.63, 3.8) is 0 Å². The van der Waals surface area contributed by atoms with Crippen LogP contribution in [0.1, 0.15) is 52.4 Å². The Kier molecular flexibility index (Phi) is 7.45. The normalized spacial score (nSPS) is 24.1. The lowest BCUT2D eigenvalue weighted by Gasteiger charge is -2.17. The molecule has 1 aliphatic heterocycles. The number of ether oxygens (including phenoxy) is 1. The van der Waals surface area contributed by atoms with E-state index in [1.165, 1.54) is 19.3 Å². The van der Waals surface area contributed by atoms with E-state index in [9.17, 15) is 4.79 Å². The summed E-state index contributed by atoms with van der Waals surface area (Å²) in [7, 11) is 0. The summed E-state index contributed by atoms with van der Waals surface area (Å²) in [4.78, 5) is 12.1. The first-order chi connectivity index (χ1) is 8.29. The van der Waals surface area contributed by atoms with Gasteiger partial charge in [-0.1, -0.05) is 33.1 Å². The summed E-state index contributed by atoms with van der Waals surface area (Å²) in [5.74, 6) is 0.496. The molecule has 1 N–H and O–H groups in total. The standard InChI is InChI=1S/C14H27NO2/c1-3-5-6-7-8-14(16)12-10-17-11-13(12)15-9-4-2/h12-13,15H,3-11H2,1-2H3. The number of hydrogen-bond donors (Lipinski definition) is 1. The molecule has 0 radical (unpaired) electrons. The van der Waals surface area contributed by atoms with E-state index in [-0.39, 0.29) is 12.0 Å². The fourth-order valence-electron chi connectivity index (χ4n) is 2.31. The minimum atomic E-state index is 0.100. The van der Waals surface area contributed by atoms with Crippen LogP contribution in [0, 0.1) is 5.92 Å². The van der Waals surface area contributed by atoms with Gasteiger partial charge in [-0.2, -0.15) is 0 Å². The van der Waals surface area contributed by atoms with Gasteiger partial charge in [-0.05, 0) is 19.4 Å². The van der Waals surface area contributed by atoms with E-state index < -0.39 is 0 Å². The summed E-state index contributed by atoms with van der Waals surface area (Å²) in [5.41, 5.74) is 0. The largest absolute Gasteiger partial charge is 0.379 e. The molecule has 0 amide bonds. The van der Waals surface area contributed by atoms with E-state index in [1.54, 1.807) is 0 Å². The first-order valence-electron chi connectivity index (χ1n) is 7.13. The summed E-state index contributed by atoms with van der Waals surface area (Å²) >= 11 is 0. The van der Waals surface area contributed by atoms with Crippen molar-refractivity contribution in [2.24, 2.45) is 5.92 Å². The number of hydrogen-bond acceptors (Lipinski definition) is 3. The highest BCUT2D eigenvalue weighted by molar-refractivity contribution is 5.82. The monoisotopic (exact) mass is 241 g/mol. The molecule has 2 atom stereocenters. The molecule has 2 unspecified atom stereocenters. The fourth-order valence-corrected chi connectivity index (χ4v) is 2.31. The molecule has 0 saturated carbocycles. The second kappa shape index (κ2) is 8.65. The van der Waals surface area contributed by atoms with Crippen molar-refractivity contribution in [1.82, 2.24) is 5.32 Å². The second-order valence-corrected chi connectivity index (χ2v) is 4.98. The summed E-state index contributed by atoms with van der Waals surface area (Å²) < 4.78 is 5.43. The second-order valence-electron chi connectivity index (χ2n) is 4.98.